The quantitative estimate of drug-likeness (QED) is 0.451. The summed E-state index contributed by atoms with van der Waals surface area (Å²) in [5, 5.41) is 14.4. The van der Waals surface area contributed by atoms with Gasteiger partial charge in [-0.2, -0.15) is 0 Å². The summed E-state index contributed by atoms with van der Waals surface area (Å²) in [5.74, 6) is 0.645. The Hall–Kier alpha value is -2.48. The average Bonchev–Trinajstić information content (AvgIpc) is 2.74. The smallest absolute Gasteiger partial charge is 0.165 e. The number of nitrogens with zero attached hydrogens (tertiary/aromatic N) is 3. The Bertz CT molecular complexity index is 1000. The Morgan fingerprint density at radius 1 is 1.19 bits per heavy atom. The molecule has 1 unspecified atom stereocenters. The van der Waals surface area contributed by atoms with Crippen LogP contribution in [0, 0.1) is 5.82 Å². The van der Waals surface area contributed by atoms with Crippen molar-refractivity contribution in [3.8, 4) is 5.75 Å². The molecule has 2 N–H and O–H groups in total. The molecule has 0 aliphatic heterocycles. The Labute approximate surface area is 187 Å². The lowest BCUT2D eigenvalue weighted by molar-refractivity contribution is 0.187. The Morgan fingerprint density at radius 2 is 2.03 bits per heavy atom. The van der Waals surface area contributed by atoms with Crippen molar-refractivity contribution < 1.29 is 14.2 Å². The number of ether oxygens (including phenoxy) is 1. The molecule has 0 bridgehead atoms. The fourth-order valence-corrected chi connectivity index (χ4v) is 3.72. The van der Waals surface area contributed by atoms with Crippen LogP contribution in [-0.4, -0.2) is 52.8 Å². The first-order valence-electron chi connectivity index (χ1n) is 10.3. The van der Waals surface area contributed by atoms with Crippen molar-refractivity contribution in [3.63, 3.8) is 0 Å². The highest BCUT2D eigenvalue weighted by atomic mass is 35.5. The van der Waals surface area contributed by atoms with Gasteiger partial charge in [0, 0.05) is 29.5 Å². The molecule has 8 heteroatoms. The molecule has 0 radical (unpaired) electrons. The average molecular weight is 447 g/mol. The molecule has 0 spiro atoms. The van der Waals surface area contributed by atoms with Gasteiger partial charge in [0.05, 0.1) is 19.2 Å². The van der Waals surface area contributed by atoms with Crippen LogP contribution in [0.2, 0.25) is 5.02 Å². The minimum Gasteiger partial charge on any atom is -0.494 e. The molecule has 166 valence electrons. The minimum absolute atomic E-state index is 0.0575. The van der Waals surface area contributed by atoms with Crippen molar-refractivity contribution in [3.05, 3.63) is 59.1 Å². The molecule has 31 heavy (non-hydrogen) atoms. The first-order valence-corrected chi connectivity index (χ1v) is 10.7. The number of fused-ring (bicyclic) bond motifs is 1. The second kappa shape index (κ2) is 11.2. The van der Waals surface area contributed by atoms with Crippen LogP contribution in [0.5, 0.6) is 5.75 Å². The summed E-state index contributed by atoms with van der Waals surface area (Å²) in [7, 11) is 1.45. The van der Waals surface area contributed by atoms with E-state index in [1.54, 1.807) is 6.07 Å². The highest BCUT2D eigenvalue weighted by Gasteiger charge is 2.11. The van der Waals surface area contributed by atoms with Crippen LogP contribution in [0.1, 0.15) is 25.3 Å². The van der Waals surface area contributed by atoms with Gasteiger partial charge < -0.3 is 15.2 Å². The maximum atomic E-state index is 14.0. The number of anilines is 1. The topological polar surface area (TPSA) is 70.5 Å². The van der Waals surface area contributed by atoms with E-state index in [1.165, 1.54) is 19.5 Å². The molecule has 1 heterocycles. The third-order valence-corrected chi connectivity index (χ3v) is 5.37. The molecule has 1 aromatic heterocycles. The second-order valence-electron chi connectivity index (χ2n) is 7.54. The fourth-order valence-electron chi connectivity index (χ4n) is 3.55. The Kier molecular flexibility index (Phi) is 8.40. The Morgan fingerprint density at radius 3 is 2.77 bits per heavy atom. The summed E-state index contributed by atoms with van der Waals surface area (Å²) in [5.41, 5.74) is 1.65. The van der Waals surface area contributed by atoms with Gasteiger partial charge in [-0.1, -0.05) is 17.7 Å². The summed E-state index contributed by atoms with van der Waals surface area (Å²) in [6, 6.07) is 10.7. The molecule has 0 aliphatic carbocycles. The van der Waals surface area contributed by atoms with Crippen LogP contribution >= 0.6 is 11.6 Å². The number of hydrogen-bond donors (Lipinski definition) is 2. The van der Waals surface area contributed by atoms with E-state index < -0.39 is 0 Å². The van der Waals surface area contributed by atoms with E-state index >= 15 is 0 Å². The van der Waals surface area contributed by atoms with Crippen LogP contribution in [0.3, 0.4) is 0 Å². The lowest BCUT2D eigenvalue weighted by atomic mass is 10.1. The first kappa shape index (κ1) is 23.2. The predicted molar refractivity (Wildman–Crippen MR) is 122 cm³/mol. The molecule has 3 aromatic rings. The standard InChI is InChI=1S/C23H28ClFN4O2/c1-16(28-23-19-7-6-18(24)13-21(19)26-15-27-23)4-3-9-29(10-11-30)14-17-5-8-22(31-2)20(25)12-17/h5-8,12-13,15-16,30H,3-4,9-11,14H2,1-2H3,(H,26,27,28). The Balaban J connectivity index is 1.54. The van der Waals surface area contributed by atoms with E-state index in [0.29, 0.717) is 18.1 Å². The molecule has 2 aromatic carbocycles. The number of nitrogens with one attached hydrogen (secondary N) is 1. The van der Waals surface area contributed by atoms with Crippen molar-refractivity contribution in [1.82, 2.24) is 14.9 Å². The summed E-state index contributed by atoms with van der Waals surface area (Å²) < 4.78 is 18.9. The lowest BCUT2D eigenvalue weighted by Gasteiger charge is -2.23. The molecular weight excluding hydrogens is 419 g/mol. The van der Waals surface area contributed by atoms with Crippen LogP contribution in [-0.2, 0) is 6.54 Å². The maximum Gasteiger partial charge on any atom is 0.165 e. The van der Waals surface area contributed by atoms with Crippen molar-refractivity contribution in [2.45, 2.75) is 32.4 Å². The number of methoxy groups -OCH3 is 1. The molecule has 0 aliphatic rings. The summed E-state index contributed by atoms with van der Waals surface area (Å²) in [6.07, 6.45) is 3.37. The lowest BCUT2D eigenvalue weighted by Crippen LogP contribution is -2.28. The maximum absolute atomic E-state index is 14.0. The summed E-state index contributed by atoms with van der Waals surface area (Å²) in [4.78, 5) is 10.8. The van der Waals surface area contributed by atoms with Crippen molar-refractivity contribution in [2.24, 2.45) is 0 Å². The number of aliphatic hydroxyl groups excluding tert-OH is 1. The molecule has 0 fully saturated rings. The van der Waals surface area contributed by atoms with E-state index in [4.69, 9.17) is 16.3 Å². The SMILES string of the molecule is COc1ccc(CN(CCO)CCCC(C)Nc2ncnc3cc(Cl)ccc23)cc1F. The van der Waals surface area contributed by atoms with E-state index in [-0.39, 0.29) is 24.2 Å². The summed E-state index contributed by atoms with van der Waals surface area (Å²) in [6.45, 7) is 4.06. The van der Waals surface area contributed by atoms with E-state index in [0.717, 1.165) is 41.7 Å². The van der Waals surface area contributed by atoms with Crippen LogP contribution in [0.15, 0.2) is 42.7 Å². The number of aromatic nitrogens is 2. The number of benzene rings is 2. The molecule has 0 saturated heterocycles. The van der Waals surface area contributed by atoms with E-state index in [2.05, 4.69) is 27.1 Å². The van der Waals surface area contributed by atoms with Gasteiger partial charge in [-0.25, -0.2) is 14.4 Å². The molecule has 6 nitrogen and oxygen atoms in total. The highest BCUT2D eigenvalue weighted by molar-refractivity contribution is 6.31. The van der Waals surface area contributed by atoms with Gasteiger partial charge in [-0.15, -0.1) is 0 Å². The van der Waals surface area contributed by atoms with Crippen molar-refractivity contribution in [1.29, 1.82) is 0 Å². The zero-order valence-electron chi connectivity index (χ0n) is 17.8. The minimum atomic E-state index is -0.375. The molecule has 0 amide bonds. The fraction of sp³-hybridized carbons (Fsp3) is 0.391. The third-order valence-electron chi connectivity index (χ3n) is 5.13. The van der Waals surface area contributed by atoms with Gasteiger partial charge in [0.1, 0.15) is 12.1 Å². The van der Waals surface area contributed by atoms with E-state index in [9.17, 15) is 9.50 Å². The first-order chi connectivity index (χ1) is 15.0. The zero-order chi connectivity index (χ0) is 22.2. The highest BCUT2D eigenvalue weighted by Crippen LogP contribution is 2.23. The zero-order valence-corrected chi connectivity index (χ0v) is 18.6. The third kappa shape index (κ3) is 6.50. The van der Waals surface area contributed by atoms with Crippen LogP contribution < -0.4 is 10.1 Å². The molecule has 3 rings (SSSR count). The van der Waals surface area contributed by atoms with Crippen LogP contribution in [0.4, 0.5) is 10.2 Å². The predicted octanol–water partition coefficient (Wildman–Crippen LogP) is 4.51. The second-order valence-corrected chi connectivity index (χ2v) is 7.98. The summed E-state index contributed by atoms with van der Waals surface area (Å²) >= 11 is 6.05. The van der Waals surface area contributed by atoms with Crippen molar-refractivity contribution in [2.75, 3.05) is 32.1 Å². The van der Waals surface area contributed by atoms with Gasteiger partial charge in [0.25, 0.3) is 0 Å². The number of hydrogen-bond acceptors (Lipinski definition) is 6. The number of rotatable bonds is 11. The largest absolute Gasteiger partial charge is 0.494 e. The van der Waals surface area contributed by atoms with Crippen LogP contribution in [0.25, 0.3) is 10.9 Å². The molecule has 1 atom stereocenters. The normalized spacial score (nSPS) is 12.3. The van der Waals surface area contributed by atoms with Gasteiger partial charge in [0.2, 0.25) is 0 Å². The van der Waals surface area contributed by atoms with Gasteiger partial charge in [-0.3, -0.25) is 4.90 Å². The molecule has 0 saturated carbocycles. The number of halogens is 2. The van der Waals surface area contributed by atoms with Gasteiger partial charge in [0.15, 0.2) is 11.6 Å². The van der Waals surface area contributed by atoms with Crippen molar-refractivity contribution >= 4 is 28.3 Å². The number of aliphatic hydroxyl groups is 1. The monoisotopic (exact) mass is 446 g/mol. The molecular formula is C23H28ClFN4O2. The van der Waals surface area contributed by atoms with Gasteiger partial charge in [-0.05, 0) is 62.2 Å². The van der Waals surface area contributed by atoms with E-state index in [1.807, 2.05) is 24.3 Å². The van der Waals surface area contributed by atoms with Gasteiger partial charge >= 0.3 is 0 Å².